The number of aliphatic hydroxyl groups is 1. The van der Waals surface area contributed by atoms with E-state index < -0.39 is 23.8 Å². The third kappa shape index (κ3) is 2.82. The topological polar surface area (TPSA) is 46.2 Å². The third-order valence-corrected chi connectivity index (χ3v) is 3.26. The average Bonchev–Trinajstić information content (AvgIpc) is 2.33. The minimum atomic E-state index is -0.958. The van der Waals surface area contributed by atoms with Gasteiger partial charge in [0.05, 0.1) is 12.1 Å². The van der Waals surface area contributed by atoms with E-state index in [-0.39, 0.29) is 17.0 Å². The fraction of sp³-hybridized carbons (Fsp3) is 0.538. The van der Waals surface area contributed by atoms with E-state index in [0.717, 1.165) is 6.42 Å². The molecule has 0 fully saturated rings. The number of rotatable bonds is 4. The Morgan fingerprint density at radius 3 is 2.41 bits per heavy atom. The van der Waals surface area contributed by atoms with Crippen molar-refractivity contribution in [2.24, 2.45) is 11.7 Å². The molecule has 0 spiro atoms. The van der Waals surface area contributed by atoms with Crippen LogP contribution in [0.25, 0.3) is 0 Å². The molecule has 0 aliphatic carbocycles. The first-order valence-corrected chi connectivity index (χ1v) is 5.78. The van der Waals surface area contributed by atoms with Crippen LogP contribution in [-0.4, -0.2) is 11.2 Å². The van der Waals surface area contributed by atoms with Gasteiger partial charge in [0.2, 0.25) is 0 Å². The van der Waals surface area contributed by atoms with Crippen molar-refractivity contribution in [1.82, 2.24) is 0 Å². The van der Waals surface area contributed by atoms with Crippen molar-refractivity contribution >= 4 is 0 Å². The Kier molecular flexibility index (Phi) is 4.60. The Balaban J connectivity index is 3.04. The number of hydrogen-bond donors (Lipinski definition) is 2. The van der Waals surface area contributed by atoms with E-state index in [0.29, 0.717) is 0 Å². The van der Waals surface area contributed by atoms with Gasteiger partial charge in [0, 0.05) is 5.56 Å². The van der Waals surface area contributed by atoms with Crippen LogP contribution in [0.15, 0.2) is 12.1 Å². The molecule has 2 nitrogen and oxygen atoms in total. The number of nitrogens with two attached hydrogens (primary N) is 1. The van der Waals surface area contributed by atoms with Crippen molar-refractivity contribution in [1.29, 1.82) is 0 Å². The molecule has 0 saturated heterocycles. The highest BCUT2D eigenvalue weighted by Crippen LogP contribution is 2.26. The average molecular weight is 243 g/mol. The van der Waals surface area contributed by atoms with Gasteiger partial charge < -0.3 is 10.8 Å². The molecule has 1 unspecified atom stereocenters. The van der Waals surface area contributed by atoms with Crippen molar-refractivity contribution in [3.63, 3.8) is 0 Å². The van der Waals surface area contributed by atoms with Crippen LogP contribution in [-0.2, 0) is 0 Å². The Labute approximate surface area is 100 Å². The predicted molar refractivity (Wildman–Crippen MR) is 63.5 cm³/mol. The monoisotopic (exact) mass is 243 g/mol. The summed E-state index contributed by atoms with van der Waals surface area (Å²) in [7, 11) is 0. The number of benzene rings is 1. The second kappa shape index (κ2) is 5.56. The van der Waals surface area contributed by atoms with E-state index >= 15 is 0 Å². The second-order valence-electron chi connectivity index (χ2n) is 4.50. The lowest BCUT2D eigenvalue weighted by Gasteiger charge is -2.24. The Hall–Kier alpha value is -1.00. The Bertz CT molecular complexity index is 395. The second-order valence-corrected chi connectivity index (χ2v) is 4.50. The van der Waals surface area contributed by atoms with E-state index in [9.17, 15) is 13.9 Å². The van der Waals surface area contributed by atoms with Crippen molar-refractivity contribution in [2.45, 2.75) is 39.3 Å². The summed E-state index contributed by atoms with van der Waals surface area (Å²) in [6, 6.07) is 2.00. The maximum atomic E-state index is 13.7. The molecule has 96 valence electrons. The number of hydrogen-bond acceptors (Lipinski definition) is 2. The lowest BCUT2D eigenvalue weighted by molar-refractivity contribution is 0.0865. The smallest absolute Gasteiger partial charge is 0.163 e. The van der Waals surface area contributed by atoms with Gasteiger partial charge in [-0.25, -0.2) is 8.78 Å². The highest BCUT2D eigenvalue weighted by atomic mass is 19.2. The van der Waals surface area contributed by atoms with Gasteiger partial charge in [-0.3, -0.25) is 0 Å². The van der Waals surface area contributed by atoms with Crippen LogP contribution in [0.3, 0.4) is 0 Å². The molecule has 0 aromatic heterocycles. The van der Waals surface area contributed by atoms with Crippen molar-refractivity contribution in [2.75, 3.05) is 0 Å². The minimum absolute atomic E-state index is 0.0286. The third-order valence-electron chi connectivity index (χ3n) is 3.26. The first-order valence-electron chi connectivity index (χ1n) is 5.78. The van der Waals surface area contributed by atoms with Gasteiger partial charge >= 0.3 is 0 Å². The molecule has 0 aliphatic rings. The molecule has 3 atom stereocenters. The molecule has 0 amide bonds. The molecule has 1 aromatic carbocycles. The zero-order chi connectivity index (χ0) is 13.2. The fourth-order valence-corrected chi connectivity index (χ4v) is 1.70. The maximum absolute atomic E-state index is 13.7. The molecule has 0 aliphatic heterocycles. The molecular formula is C13H19F2NO. The van der Waals surface area contributed by atoms with Gasteiger partial charge in [-0.1, -0.05) is 32.4 Å². The lowest BCUT2D eigenvalue weighted by Crippen LogP contribution is -2.32. The Morgan fingerprint density at radius 1 is 1.29 bits per heavy atom. The number of aryl methyl sites for hydroxylation is 1. The van der Waals surface area contributed by atoms with Crippen molar-refractivity contribution < 1.29 is 13.9 Å². The summed E-state index contributed by atoms with van der Waals surface area (Å²) in [5.74, 6) is -1.91. The largest absolute Gasteiger partial charge is 0.391 e. The van der Waals surface area contributed by atoms with Crippen LogP contribution in [0.1, 0.15) is 37.4 Å². The molecule has 3 N–H and O–H groups in total. The molecule has 17 heavy (non-hydrogen) atoms. The van der Waals surface area contributed by atoms with Gasteiger partial charge in [0.15, 0.2) is 11.6 Å². The zero-order valence-corrected chi connectivity index (χ0v) is 10.4. The van der Waals surface area contributed by atoms with Gasteiger partial charge in [-0.05, 0) is 18.4 Å². The summed E-state index contributed by atoms with van der Waals surface area (Å²) in [6.45, 7) is 5.22. The lowest BCUT2D eigenvalue weighted by atomic mass is 9.91. The normalized spacial score (nSPS) is 16.6. The summed E-state index contributed by atoms with van der Waals surface area (Å²) in [5.41, 5.74) is 6.04. The molecule has 4 heteroatoms. The molecule has 0 saturated carbocycles. The van der Waals surface area contributed by atoms with E-state index in [2.05, 4.69) is 0 Å². The molecule has 0 bridgehead atoms. The quantitative estimate of drug-likeness (QED) is 0.854. The van der Waals surface area contributed by atoms with Gasteiger partial charge in [0.25, 0.3) is 0 Å². The predicted octanol–water partition coefficient (Wildman–Crippen LogP) is 2.68. The standard InChI is InChI=1S/C13H19F2NO/c1-4-7(2)13(17)12(16)9-6-5-8(3)10(14)11(9)15/h5-7,12-13,17H,4,16H2,1-3H3/t7?,12-,13+/m0/s1. The summed E-state index contributed by atoms with van der Waals surface area (Å²) in [6.07, 6.45) is -0.151. The SMILES string of the molecule is CCC(C)[C@@H](O)[C@@H](N)c1ccc(C)c(F)c1F. The first kappa shape index (κ1) is 14.1. The minimum Gasteiger partial charge on any atom is -0.391 e. The number of aliphatic hydroxyl groups excluding tert-OH is 1. The highest BCUT2D eigenvalue weighted by Gasteiger charge is 2.25. The zero-order valence-electron chi connectivity index (χ0n) is 10.4. The van der Waals surface area contributed by atoms with Crippen LogP contribution in [0, 0.1) is 24.5 Å². The molecule has 1 aromatic rings. The van der Waals surface area contributed by atoms with Crippen LogP contribution in [0.2, 0.25) is 0 Å². The van der Waals surface area contributed by atoms with Gasteiger partial charge in [0.1, 0.15) is 0 Å². The maximum Gasteiger partial charge on any atom is 0.163 e. The molecule has 0 radical (unpaired) electrons. The van der Waals surface area contributed by atoms with Crippen LogP contribution < -0.4 is 5.73 Å². The fourth-order valence-electron chi connectivity index (χ4n) is 1.70. The van der Waals surface area contributed by atoms with E-state index in [4.69, 9.17) is 5.73 Å². The van der Waals surface area contributed by atoms with Gasteiger partial charge in [-0.2, -0.15) is 0 Å². The van der Waals surface area contributed by atoms with Crippen LogP contribution in [0.5, 0.6) is 0 Å². The highest BCUT2D eigenvalue weighted by molar-refractivity contribution is 5.28. The van der Waals surface area contributed by atoms with E-state index in [1.165, 1.54) is 19.1 Å². The van der Waals surface area contributed by atoms with Crippen LogP contribution >= 0.6 is 0 Å². The summed E-state index contributed by atoms with van der Waals surface area (Å²) in [4.78, 5) is 0. The molecule has 1 rings (SSSR count). The van der Waals surface area contributed by atoms with E-state index in [1.54, 1.807) is 0 Å². The first-order chi connectivity index (χ1) is 7.90. The summed E-state index contributed by atoms with van der Waals surface area (Å²) in [5, 5.41) is 9.91. The summed E-state index contributed by atoms with van der Waals surface area (Å²) < 4.78 is 27.1. The van der Waals surface area contributed by atoms with Crippen molar-refractivity contribution in [3.05, 3.63) is 34.9 Å². The van der Waals surface area contributed by atoms with E-state index in [1.807, 2.05) is 13.8 Å². The van der Waals surface area contributed by atoms with Gasteiger partial charge in [-0.15, -0.1) is 0 Å². The van der Waals surface area contributed by atoms with Crippen molar-refractivity contribution in [3.8, 4) is 0 Å². The summed E-state index contributed by atoms with van der Waals surface area (Å²) >= 11 is 0. The number of halogens is 2. The molecule has 0 heterocycles. The van der Waals surface area contributed by atoms with Crippen LogP contribution in [0.4, 0.5) is 8.78 Å². The Morgan fingerprint density at radius 2 is 1.88 bits per heavy atom. The molecular weight excluding hydrogens is 224 g/mol.